The van der Waals surface area contributed by atoms with Crippen LogP contribution >= 0.6 is 22.6 Å². The van der Waals surface area contributed by atoms with Gasteiger partial charge in [-0.2, -0.15) is 0 Å². The number of rotatable bonds is 6. The number of halogens is 1. The van der Waals surface area contributed by atoms with Crippen molar-refractivity contribution in [1.29, 1.82) is 0 Å². The Bertz CT molecular complexity index is 616. The van der Waals surface area contributed by atoms with Crippen LogP contribution < -0.4 is 5.32 Å². The van der Waals surface area contributed by atoms with Gasteiger partial charge in [0.05, 0.1) is 15.9 Å². The van der Waals surface area contributed by atoms with Gasteiger partial charge in [0.15, 0.2) is 5.82 Å². The van der Waals surface area contributed by atoms with E-state index in [1.165, 1.54) is 0 Å². The molecule has 112 valence electrons. The van der Waals surface area contributed by atoms with E-state index in [1.54, 1.807) is 7.11 Å². The minimum atomic E-state index is 0.596. The molecule has 0 aliphatic carbocycles. The summed E-state index contributed by atoms with van der Waals surface area (Å²) in [6, 6.07) is 8.19. The summed E-state index contributed by atoms with van der Waals surface area (Å²) in [7, 11) is 3.60. The maximum atomic E-state index is 5.19. The van der Waals surface area contributed by atoms with Crippen LogP contribution in [0.4, 0.5) is 5.82 Å². The summed E-state index contributed by atoms with van der Waals surface area (Å²) >= 11 is 2.31. The third kappa shape index (κ3) is 3.91. The third-order valence-corrected chi connectivity index (χ3v) is 4.27. The zero-order chi connectivity index (χ0) is 15.2. The van der Waals surface area contributed by atoms with Crippen LogP contribution in [0.15, 0.2) is 24.3 Å². The number of nitrogens with zero attached hydrogens (tertiary/aromatic N) is 2. The Morgan fingerprint density at radius 2 is 2.10 bits per heavy atom. The molecule has 5 heteroatoms. The van der Waals surface area contributed by atoms with Crippen molar-refractivity contribution in [2.24, 2.45) is 0 Å². The highest BCUT2D eigenvalue weighted by Gasteiger charge is 2.12. The van der Waals surface area contributed by atoms with Crippen LogP contribution in [-0.2, 0) is 17.8 Å². The number of ether oxygens (including phenoxy) is 1. The van der Waals surface area contributed by atoms with Crippen LogP contribution in [0.3, 0.4) is 0 Å². The van der Waals surface area contributed by atoms with Crippen LogP contribution in [0.25, 0.3) is 11.4 Å². The third-order valence-electron chi connectivity index (χ3n) is 3.14. The molecule has 0 saturated heterocycles. The molecule has 0 aliphatic rings. The van der Waals surface area contributed by atoms with Gasteiger partial charge in [0, 0.05) is 19.7 Å². The number of benzene rings is 1. The van der Waals surface area contributed by atoms with E-state index in [2.05, 4.69) is 45.9 Å². The number of aryl methyl sites for hydroxylation is 1. The highest BCUT2D eigenvalue weighted by Crippen LogP contribution is 2.25. The van der Waals surface area contributed by atoms with E-state index in [9.17, 15) is 0 Å². The zero-order valence-corrected chi connectivity index (χ0v) is 14.8. The molecule has 0 saturated carbocycles. The van der Waals surface area contributed by atoms with Crippen LogP contribution in [-0.4, -0.2) is 24.1 Å². The van der Waals surface area contributed by atoms with E-state index in [4.69, 9.17) is 9.72 Å². The number of methoxy groups -OCH3 is 1. The van der Waals surface area contributed by atoms with Gasteiger partial charge < -0.3 is 10.1 Å². The van der Waals surface area contributed by atoms with Crippen molar-refractivity contribution in [3.05, 3.63) is 39.1 Å². The minimum absolute atomic E-state index is 0.596. The van der Waals surface area contributed by atoms with Crippen LogP contribution in [0.1, 0.15) is 24.6 Å². The molecular formula is C16H20IN3O. The Balaban J connectivity index is 2.47. The first-order valence-corrected chi connectivity index (χ1v) is 8.09. The molecule has 1 N–H and O–H groups in total. The molecule has 0 fully saturated rings. The lowest BCUT2D eigenvalue weighted by atomic mass is 10.1. The lowest BCUT2D eigenvalue weighted by Gasteiger charge is -2.11. The van der Waals surface area contributed by atoms with E-state index in [-0.39, 0.29) is 0 Å². The molecular weight excluding hydrogens is 377 g/mol. The first kappa shape index (κ1) is 16.2. The number of anilines is 1. The summed E-state index contributed by atoms with van der Waals surface area (Å²) in [6.45, 7) is 2.76. The Morgan fingerprint density at radius 1 is 1.29 bits per heavy atom. The van der Waals surface area contributed by atoms with Gasteiger partial charge in [0.2, 0.25) is 0 Å². The highest BCUT2D eigenvalue weighted by molar-refractivity contribution is 14.1. The van der Waals surface area contributed by atoms with Crippen LogP contribution in [0.5, 0.6) is 0 Å². The maximum absolute atomic E-state index is 5.19. The Morgan fingerprint density at radius 3 is 2.76 bits per heavy atom. The summed E-state index contributed by atoms with van der Waals surface area (Å²) in [5.41, 5.74) is 3.25. The molecule has 0 amide bonds. The first-order chi connectivity index (χ1) is 10.2. The van der Waals surface area contributed by atoms with Gasteiger partial charge in [-0.15, -0.1) is 0 Å². The highest BCUT2D eigenvalue weighted by atomic mass is 127. The Hall–Kier alpha value is -1.21. The second-order valence-electron chi connectivity index (χ2n) is 4.79. The summed E-state index contributed by atoms with van der Waals surface area (Å²) < 4.78 is 6.30. The van der Waals surface area contributed by atoms with Crippen molar-refractivity contribution in [1.82, 2.24) is 9.97 Å². The molecule has 2 rings (SSSR count). The Kier molecular flexibility index (Phi) is 5.93. The average molecular weight is 397 g/mol. The second-order valence-corrected chi connectivity index (χ2v) is 5.87. The predicted octanol–water partition coefficient (Wildman–Crippen LogP) is 3.89. The van der Waals surface area contributed by atoms with Gasteiger partial charge in [0.25, 0.3) is 0 Å². The fourth-order valence-corrected chi connectivity index (χ4v) is 2.94. The molecule has 0 radical (unpaired) electrons. The van der Waals surface area contributed by atoms with Gasteiger partial charge in [-0.05, 0) is 40.6 Å². The summed E-state index contributed by atoms with van der Waals surface area (Å²) in [4.78, 5) is 9.38. The van der Waals surface area contributed by atoms with Gasteiger partial charge in [-0.25, -0.2) is 9.97 Å². The summed E-state index contributed by atoms with van der Waals surface area (Å²) in [6.07, 6.45) is 2.03. The Labute approximate surface area is 139 Å². The maximum Gasteiger partial charge on any atom is 0.161 e. The van der Waals surface area contributed by atoms with Gasteiger partial charge in [-0.3, -0.25) is 0 Å². The molecule has 1 aromatic carbocycles. The summed E-state index contributed by atoms with van der Waals surface area (Å²) in [5, 5.41) is 3.16. The molecule has 1 aromatic heterocycles. The van der Waals surface area contributed by atoms with Crippen molar-refractivity contribution in [3.63, 3.8) is 0 Å². The van der Waals surface area contributed by atoms with Crippen LogP contribution in [0, 0.1) is 3.57 Å². The topological polar surface area (TPSA) is 47.0 Å². The number of hydrogen-bond donors (Lipinski definition) is 1. The minimum Gasteiger partial charge on any atom is -0.380 e. The standard InChI is InChI=1S/C16H20IN3O/c1-4-6-13-14(17)16(18-2)20-15(19-13)12-8-5-7-11(9-12)10-21-3/h5,7-9H,4,6,10H2,1-3H3,(H,18,19,20). The number of hydrogen-bond acceptors (Lipinski definition) is 4. The molecule has 4 nitrogen and oxygen atoms in total. The molecule has 0 bridgehead atoms. The largest absolute Gasteiger partial charge is 0.380 e. The molecule has 1 heterocycles. The molecule has 2 aromatic rings. The van der Waals surface area contributed by atoms with E-state index in [0.29, 0.717) is 6.61 Å². The normalized spacial score (nSPS) is 10.7. The van der Waals surface area contributed by atoms with Crippen molar-refractivity contribution in [3.8, 4) is 11.4 Å². The van der Waals surface area contributed by atoms with E-state index < -0.39 is 0 Å². The second kappa shape index (κ2) is 7.70. The number of nitrogens with one attached hydrogen (secondary N) is 1. The van der Waals surface area contributed by atoms with E-state index in [1.807, 2.05) is 25.2 Å². The van der Waals surface area contributed by atoms with Gasteiger partial charge in [-0.1, -0.05) is 31.5 Å². The van der Waals surface area contributed by atoms with Gasteiger partial charge in [0.1, 0.15) is 5.82 Å². The van der Waals surface area contributed by atoms with Crippen molar-refractivity contribution >= 4 is 28.4 Å². The van der Waals surface area contributed by atoms with Crippen molar-refractivity contribution < 1.29 is 4.74 Å². The first-order valence-electron chi connectivity index (χ1n) is 7.02. The zero-order valence-electron chi connectivity index (χ0n) is 12.6. The van der Waals surface area contributed by atoms with Crippen LogP contribution in [0.2, 0.25) is 0 Å². The van der Waals surface area contributed by atoms with E-state index in [0.717, 1.165) is 44.9 Å². The monoisotopic (exact) mass is 397 g/mol. The molecule has 21 heavy (non-hydrogen) atoms. The average Bonchev–Trinajstić information content (AvgIpc) is 2.50. The molecule has 0 atom stereocenters. The quantitative estimate of drug-likeness (QED) is 0.752. The SMILES string of the molecule is CCCc1nc(-c2cccc(COC)c2)nc(NC)c1I. The summed E-state index contributed by atoms with van der Waals surface area (Å²) in [5.74, 6) is 1.65. The van der Waals surface area contributed by atoms with Gasteiger partial charge >= 0.3 is 0 Å². The fraction of sp³-hybridized carbons (Fsp3) is 0.375. The van der Waals surface area contributed by atoms with E-state index >= 15 is 0 Å². The lowest BCUT2D eigenvalue weighted by Crippen LogP contribution is -2.05. The number of aromatic nitrogens is 2. The predicted molar refractivity (Wildman–Crippen MR) is 94.4 cm³/mol. The lowest BCUT2D eigenvalue weighted by molar-refractivity contribution is 0.185. The van der Waals surface area contributed by atoms with Crippen molar-refractivity contribution in [2.75, 3.05) is 19.5 Å². The molecule has 0 spiro atoms. The molecule has 0 aliphatic heterocycles. The smallest absolute Gasteiger partial charge is 0.161 e. The fourth-order valence-electron chi connectivity index (χ4n) is 2.16. The van der Waals surface area contributed by atoms with Crippen molar-refractivity contribution in [2.45, 2.75) is 26.4 Å². The molecule has 0 unspecified atom stereocenters.